The number of aromatic nitrogens is 1. The zero-order valence-electron chi connectivity index (χ0n) is 16.2. The van der Waals surface area contributed by atoms with Crippen molar-refractivity contribution in [2.24, 2.45) is 10.1 Å². The van der Waals surface area contributed by atoms with Gasteiger partial charge in [-0.1, -0.05) is 28.1 Å². The summed E-state index contributed by atoms with van der Waals surface area (Å²) in [5.74, 6) is 1.47. The molecular weight excluding hydrogens is 438 g/mol. The van der Waals surface area contributed by atoms with Crippen LogP contribution in [0.4, 0.5) is 0 Å². The van der Waals surface area contributed by atoms with E-state index in [-0.39, 0.29) is 6.04 Å². The summed E-state index contributed by atoms with van der Waals surface area (Å²) in [5, 5.41) is 6.77. The number of thiazole rings is 1. The van der Waals surface area contributed by atoms with Crippen LogP contribution in [0.5, 0.6) is 11.5 Å². The first-order chi connectivity index (χ1) is 13.5. The van der Waals surface area contributed by atoms with E-state index in [2.05, 4.69) is 29.8 Å². The van der Waals surface area contributed by atoms with Gasteiger partial charge in [-0.15, -0.1) is 11.3 Å². The molecule has 7 heteroatoms. The average Bonchev–Trinajstić information content (AvgIpc) is 3.08. The first-order valence-electron chi connectivity index (χ1n) is 8.78. The van der Waals surface area contributed by atoms with Gasteiger partial charge in [0.2, 0.25) is 4.80 Å². The smallest absolute Gasteiger partial charge is 0.206 e. The fourth-order valence-corrected chi connectivity index (χ4v) is 3.82. The Balaban J connectivity index is 2.13. The minimum Gasteiger partial charge on any atom is -0.497 e. The topological polar surface area (TPSA) is 48.1 Å². The summed E-state index contributed by atoms with van der Waals surface area (Å²) in [7, 11) is 3.29. The highest BCUT2D eigenvalue weighted by Gasteiger charge is 2.14. The van der Waals surface area contributed by atoms with Crippen LogP contribution in [0.2, 0.25) is 0 Å². The van der Waals surface area contributed by atoms with Gasteiger partial charge in [-0.2, -0.15) is 5.10 Å². The normalized spacial score (nSPS) is 12.1. The summed E-state index contributed by atoms with van der Waals surface area (Å²) in [6.07, 6.45) is 1.83. The predicted octanol–water partition coefficient (Wildman–Crippen LogP) is 5.19. The fraction of sp³-hybridized carbons (Fsp3) is 0.238. The Morgan fingerprint density at radius 2 is 1.82 bits per heavy atom. The number of hydrogen-bond donors (Lipinski definition) is 0. The second-order valence-electron chi connectivity index (χ2n) is 6.30. The highest BCUT2D eigenvalue weighted by molar-refractivity contribution is 9.10. The van der Waals surface area contributed by atoms with Gasteiger partial charge in [0.25, 0.3) is 0 Å². The van der Waals surface area contributed by atoms with Gasteiger partial charge in [0.05, 0.1) is 26.1 Å². The number of hydrogen-bond acceptors (Lipinski definition) is 5. The maximum absolute atomic E-state index is 5.59. The van der Waals surface area contributed by atoms with Crippen molar-refractivity contribution in [3.63, 3.8) is 0 Å². The summed E-state index contributed by atoms with van der Waals surface area (Å²) in [6.45, 7) is 4.10. The van der Waals surface area contributed by atoms with E-state index in [9.17, 15) is 0 Å². The molecule has 146 valence electrons. The highest BCUT2D eigenvalue weighted by atomic mass is 79.9. The molecule has 0 spiro atoms. The van der Waals surface area contributed by atoms with Gasteiger partial charge in [-0.25, -0.2) is 4.68 Å². The average molecular weight is 460 g/mol. The van der Waals surface area contributed by atoms with Crippen LogP contribution in [-0.4, -0.2) is 31.2 Å². The maximum Gasteiger partial charge on any atom is 0.206 e. The van der Waals surface area contributed by atoms with E-state index in [0.29, 0.717) is 0 Å². The second kappa shape index (κ2) is 9.21. The van der Waals surface area contributed by atoms with Crippen molar-refractivity contribution in [2.75, 3.05) is 14.2 Å². The number of halogens is 1. The number of benzene rings is 2. The molecule has 3 aromatic rings. The van der Waals surface area contributed by atoms with Crippen LogP contribution in [0.15, 0.2) is 62.4 Å². The Labute approximate surface area is 177 Å². The van der Waals surface area contributed by atoms with Crippen molar-refractivity contribution in [1.29, 1.82) is 0 Å². The molecule has 0 radical (unpaired) electrons. The predicted molar refractivity (Wildman–Crippen MR) is 119 cm³/mol. The number of ether oxygens (including phenoxy) is 2. The molecule has 0 aliphatic carbocycles. The fourth-order valence-electron chi connectivity index (χ4n) is 2.59. The lowest BCUT2D eigenvalue weighted by molar-refractivity contribution is 0.395. The molecule has 0 saturated carbocycles. The van der Waals surface area contributed by atoms with Gasteiger partial charge < -0.3 is 9.47 Å². The molecule has 28 heavy (non-hydrogen) atoms. The van der Waals surface area contributed by atoms with Crippen molar-refractivity contribution in [3.8, 4) is 22.8 Å². The first-order valence-corrected chi connectivity index (χ1v) is 10.5. The van der Waals surface area contributed by atoms with E-state index < -0.39 is 0 Å². The quantitative estimate of drug-likeness (QED) is 0.476. The largest absolute Gasteiger partial charge is 0.497 e. The van der Waals surface area contributed by atoms with Gasteiger partial charge in [-0.3, -0.25) is 4.99 Å². The molecule has 1 heterocycles. The number of nitrogens with zero attached hydrogens (tertiary/aromatic N) is 3. The summed E-state index contributed by atoms with van der Waals surface area (Å²) < 4.78 is 13.8. The standard InChI is InChI=1S/C21H22BrN3O2S/c1-14(2)24-21-25(23-12-15-5-7-16(22)8-6-15)19(13-28-21)18-10-9-17(26-3)11-20(18)27-4/h5-14H,1-4H3. The van der Waals surface area contributed by atoms with Crippen LogP contribution in [-0.2, 0) is 0 Å². The summed E-state index contributed by atoms with van der Waals surface area (Å²) in [4.78, 5) is 5.55. The molecule has 0 bridgehead atoms. The Bertz CT molecular complexity index is 1040. The van der Waals surface area contributed by atoms with E-state index >= 15 is 0 Å². The van der Waals surface area contributed by atoms with Crippen molar-refractivity contribution in [3.05, 3.63) is 62.7 Å². The lowest BCUT2D eigenvalue weighted by Gasteiger charge is -2.11. The van der Waals surface area contributed by atoms with Gasteiger partial charge in [0, 0.05) is 27.5 Å². The monoisotopic (exact) mass is 459 g/mol. The van der Waals surface area contributed by atoms with E-state index in [1.807, 2.05) is 58.7 Å². The third-order valence-electron chi connectivity index (χ3n) is 3.93. The number of rotatable bonds is 6. The third kappa shape index (κ3) is 4.72. The van der Waals surface area contributed by atoms with Crippen LogP contribution in [0.3, 0.4) is 0 Å². The molecule has 0 saturated heterocycles. The summed E-state index contributed by atoms with van der Waals surface area (Å²) in [5.41, 5.74) is 2.85. The Kier molecular flexibility index (Phi) is 6.70. The maximum atomic E-state index is 5.59. The van der Waals surface area contributed by atoms with E-state index in [4.69, 9.17) is 19.6 Å². The molecule has 0 amide bonds. The molecule has 0 aliphatic rings. The molecule has 5 nitrogen and oxygen atoms in total. The second-order valence-corrected chi connectivity index (χ2v) is 8.05. The van der Waals surface area contributed by atoms with Crippen LogP contribution >= 0.6 is 27.3 Å². The molecule has 3 rings (SSSR count). The SMILES string of the molecule is COc1ccc(-c2csc(=NC(C)C)n2N=Cc2ccc(Br)cc2)c(OC)c1. The van der Waals surface area contributed by atoms with Gasteiger partial charge in [0.1, 0.15) is 11.5 Å². The molecule has 2 aromatic carbocycles. The molecule has 0 aliphatic heterocycles. The third-order valence-corrected chi connectivity index (χ3v) is 5.29. The molecule has 0 atom stereocenters. The van der Waals surface area contributed by atoms with Gasteiger partial charge in [0.15, 0.2) is 0 Å². The van der Waals surface area contributed by atoms with Gasteiger partial charge >= 0.3 is 0 Å². The lowest BCUT2D eigenvalue weighted by Crippen LogP contribution is -2.14. The van der Waals surface area contributed by atoms with Crippen LogP contribution < -0.4 is 14.3 Å². The summed E-state index contributed by atoms with van der Waals surface area (Å²) >= 11 is 5.01. The Morgan fingerprint density at radius 1 is 1.07 bits per heavy atom. The number of methoxy groups -OCH3 is 2. The minimum absolute atomic E-state index is 0.165. The van der Waals surface area contributed by atoms with E-state index in [1.165, 1.54) is 0 Å². The van der Waals surface area contributed by atoms with Crippen LogP contribution in [0.1, 0.15) is 19.4 Å². The molecule has 1 aromatic heterocycles. The van der Waals surface area contributed by atoms with E-state index in [1.54, 1.807) is 25.6 Å². The van der Waals surface area contributed by atoms with Crippen molar-refractivity contribution < 1.29 is 9.47 Å². The van der Waals surface area contributed by atoms with Crippen LogP contribution in [0.25, 0.3) is 11.3 Å². The minimum atomic E-state index is 0.165. The van der Waals surface area contributed by atoms with Crippen LogP contribution in [0, 0.1) is 0 Å². The molecule has 0 unspecified atom stereocenters. The van der Waals surface area contributed by atoms with Gasteiger partial charge in [-0.05, 0) is 43.7 Å². The molecule has 0 N–H and O–H groups in total. The van der Waals surface area contributed by atoms with Crippen molar-refractivity contribution in [1.82, 2.24) is 4.68 Å². The van der Waals surface area contributed by atoms with Crippen molar-refractivity contribution >= 4 is 33.5 Å². The molecular formula is C21H22BrN3O2S. The molecule has 0 fully saturated rings. The zero-order chi connectivity index (χ0) is 20.1. The first kappa shape index (κ1) is 20.4. The Morgan fingerprint density at radius 3 is 2.46 bits per heavy atom. The highest BCUT2D eigenvalue weighted by Crippen LogP contribution is 2.33. The zero-order valence-corrected chi connectivity index (χ0v) is 18.6. The lowest BCUT2D eigenvalue weighted by atomic mass is 10.1. The van der Waals surface area contributed by atoms with E-state index in [0.717, 1.165) is 37.6 Å². The Hall–Kier alpha value is -2.38. The van der Waals surface area contributed by atoms with Crippen molar-refractivity contribution in [2.45, 2.75) is 19.9 Å². The summed E-state index contributed by atoms with van der Waals surface area (Å²) in [6, 6.07) is 13.9.